The molecular formula is C13H11BrFN3O2. The second kappa shape index (κ2) is 5.87. The van der Waals surface area contributed by atoms with E-state index in [-0.39, 0.29) is 22.9 Å². The molecule has 0 saturated carbocycles. The van der Waals surface area contributed by atoms with Crippen LogP contribution in [0.25, 0.3) is 0 Å². The molecule has 1 heterocycles. The van der Waals surface area contributed by atoms with Crippen LogP contribution in [0.2, 0.25) is 0 Å². The minimum atomic E-state index is -0.595. The zero-order chi connectivity index (χ0) is 14.7. The number of anilines is 3. The van der Waals surface area contributed by atoms with Crippen molar-refractivity contribution in [2.75, 3.05) is 18.2 Å². The first-order chi connectivity index (χ1) is 9.51. The SMILES string of the molecule is COC(=O)c1ccc(N)c(Nc2cc(Br)ccc2F)n1. The molecule has 0 radical (unpaired) electrons. The average Bonchev–Trinajstić information content (AvgIpc) is 2.44. The summed E-state index contributed by atoms with van der Waals surface area (Å²) >= 11 is 3.24. The van der Waals surface area contributed by atoms with E-state index < -0.39 is 11.8 Å². The molecule has 0 fully saturated rings. The second-order valence-corrected chi connectivity index (χ2v) is 4.79. The minimum absolute atomic E-state index is 0.0830. The number of nitrogens with zero attached hydrogens (tertiary/aromatic N) is 1. The van der Waals surface area contributed by atoms with Crippen LogP contribution in [0.5, 0.6) is 0 Å². The Morgan fingerprint density at radius 1 is 1.40 bits per heavy atom. The maximum atomic E-state index is 13.7. The van der Waals surface area contributed by atoms with Crippen molar-refractivity contribution in [2.24, 2.45) is 0 Å². The topological polar surface area (TPSA) is 77.2 Å². The van der Waals surface area contributed by atoms with Gasteiger partial charge in [0.15, 0.2) is 11.5 Å². The number of hydrogen-bond donors (Lipinski definition) is 2. The molecule has 0 bridgehead atoms. The fourth-order valence-corrected chi connectivity index (χ4v) is 1.87. The molecule has 1 aromatic carbocycles. The minimum Gasteiger partial charge on any atom is -0.464 e. The van der Waals surface area contributed by atoms with Gasteiger partial charge < -0.3 is 15.8 Å². The Bertz CT molecular complexity index is 664. The third-order valence-electron chi connectivity index (χ3n) is 2.50. The Hall–Kier alpha value is -2.15. The molecule has 7 heteroatoms. The molecule has 0 amide bonds. The summed E-state index contributed by atoms with van der Waals surface area (Å²) in [7, 11) is 1.25. The summed E-state index contributed by atoms with van der Waals surface area (Å²) in [5.41, 5.74) is 6.32. The smallest absolute Gasteiger partial charge is 0.356 e. The summed E-state index contributed by atoms with van der Waals surface area (Å²) in [6, 6.07) is 7.34. The normalized spacial score (nSPS) is 10.2. The molecule has 2 rings (SSSR count). The summed E-state index contributed by atoms with van der Waals surface area (Å²) in [6.45, 7) is 0. The highest BCUT2D eigenvalue weighted by Crippen LogP contribution is 2.26. The van der Waals surface area contributed by atoms with E-state index >= 15 is 0 Å². The lowest BCUT2D eigenvalue weighted by atomic mass is 10.2. The van der Waals surface area contributed by atoms with E-state index in [0.29, 0.717) is 4.47 Å². The van der Waals surface area contributed by atoms with Crippen molar-refractivity contribution in [1.29, 1.82) is 0 Å². The maximum Gasteiger partial charge on any atom is 0.356 e. The van der Waals surface area contributed by atoms with Gasteiger partial charge in [0.2, 0.25) is 0 Å². The second-order valence-electron chi connectivity index (χ2n) is 3.88. The fourth-order valence-electron chi connectivity index (χ4n) is 1.51. The van der Waals surface area contributed by atoms with E-state index in [1.54, 1.807) is 12.1 Å². The van der Waals surface area contributed by atoms with Gasteiger partial charge in [-0.25, -0.2) is 14.2 Å². The van der Waals surface area contributed by atoms with Gasteiger partial charge in [-0.1, -0.05) is 15.9 Å². The Kier molecular flexibility index (Phi) is 4.19. The zero-order valence-corrected chi connectivity index (χ0v) is 12.1. The molecule has 104 valence electrons. The Balaban J connectivity index is 2.37. The predicted molar refractivity (Wildman–Crippen MR) is 77.4 cm³/mol. The summed E-state index contributed by atoms with van der Waals surface area (Å²) in [5, 5.41) is 2.75. The lowest BCUT2D eigenvalue weighted by molar-refractivity contribution is 0.0594. The number of nitrogen functional groups attached to an aromatic ring is 1. The van der Waals surface area contributed by atoms with Gasteiger partial charge in [-0.2, -0.15) is 0 Å². The van der Waals surface area contributed by atoms with Crippen LogP contribution >= 0.6 is 15.9 Å². The number of methoxy groups -OCH3 is 1. The number of nitrogens with two attached hydrogens (primary N) is 1. The third-order valence-corrected chi connectivity index (χ3v) is 3.00. The molecule has 1 aromatic heterocycles. The number of carbonyl (C=O) groups is 1. The molecular weight excluding hydrogens is 329 g/mol. The first kappa shape index (κ1) is 14.3. The number of ether oxygens (including phenoxy) is 1. The van der Waals surface area contributed by atoms with Crippen molar-refractivity contribution in [3.05, 3.63) is 46.3 Å². The van der Waals surface area contributed by atoms with Crippen LogP contribution < -0.4 is 11.1 Å². The molecule has 5 nitrogen and oxygen atoms in total. The largest absolute Gasteiger partial charge is 0.464 e. The number of carbonyl (C=O) groups excluding carboxylic acids is 1. The number of rotatable bonds is 3. The van der Waals surface area contributed by atoms with Gasteiger partial charge in [0.25, 0.3) is 0 Å². The van der Waals surface area contributed by atoms with Gasteiger partial charge >= 0.3 is 5.97 Å². The number of nitrogens with one attached hydrogen (secondary N) is 1. The monoisotopic (exact) mass is 339 g/mol. The Morgan fingerprint density at radius 2 is 2.15 bits per heavy atom. The van der Waals surface area contributed by atoms with Gasteiger partial charge in [-0.05, 0) is 30.3 Å². The number of esters is 1. The molecule has 3 N–H and O–H groups in total. The van der Waals surface area contributed by atoms with Gasteiger partial charge in [0, 0.05) is 4.47 Å². The summed E-state index contributed by atoms with van der Waals surface area (Å²) in [6.07, 6.45) is 0. The molecule has 0 atom stereocenters. The van der Waals surface area contributed by atoms with E-state index in [9.17, 15) is 9.18 Å². The highest BCUT2D eigenvalue weighted by molar-refractivity contribution is 9.10. The van der Waals surface area contributed by atoms with Crippen LogP contribution in [-0.4, -0.2) is 18.1 Å². The molecule has 0 aliphatic carbocycles. The molecule has 0 unspecified atom stereocenters. The Labute approximate surface area is 123 Å². The van der Waals surface area contributed by atoms with E-state index in [0.717, 1.165) is 0 Å². The van der Waals surface area contributed by atoms with E-state index in [1.807, 2.05) is 0 Å². The van der Waals surface area contributed by atoms with E-state index in [4.69, 9.17) is 5.73 Å². The number of halogens is 2. The van der Waals surface area contributed by atoms with Crippen LogP contribution in [0.15, 0.2) is 34.8 Å². The van der Waals surface area contributed by atoms with Crippen molar-refractivity contribution < 1.29 is 13.9 Å². The standard InChI is InChI=1S/C13H11BrFN3O2/c1-20-13(19)10-5-4-9(16)12(17-10)18-11-6-7(14)2-3-8(11)15/h2-6H,16H2,1H3,(H,17,18). The van der Waals surface area contributed by atoms with E-state index in [2.05, 4.69) is 31.0 Å². The first-order valence-corrected chi connectivity index (χ1v) is 6.37. The van der Waals surface area contributed by atoms with Gasteiger partial charge in [-0.3, -0.25) is 0 Å². The lowest BCUT2D eigenvalue weighted by Gasteiger charge is -2.10. The summed E-state index contributed by atoms with van der Waals surface area (Å²) in [4.78, 5) is 15.4. The zero-order valence-electron chi connectivity index (χ0n) is 10.5. The number of aromatic nitrogens is 1. The number of pyridine rings is 1. The maximum absolute atomic E-state index is 13.7. The average molecular weight is 340 g/mol. The molecule has 0 aliphatic heterocycles. The van der Waals surface area contributed by atoms with Crippen molar-refractivity contribution in [1.82, 2.24) is 4.98 Å². The van der Waals surface area contributed by atoms with Crippen LogP contribution in [0.3, 0.4) is 0 Å². The summed E-state index contributed by atoms with van der Waals surface area (Å²) in [5.74, 6) is -0.870. The molecule has 2 aromatic rings. The third kappa shape index (κ3) is 3.05. The van der Waals surface area contributed by atoms with Gasteiger partial charge in [-0.15, -0.1) is 0 Å². The quantitative estimate of drug-likeness (QED) is 0.840. The van der Waals surface area contributed by atoms with Gasteiger partial charge in [0.05, 0.1) is 18.5 Å². The highest BCUT2D eigenvalue weighted by atomic mass is 79.9. The highest BCUT2D eigenvalue weighted by Gasteiger charge is 2.12. The van der Waals surface area contributed by atoms with E-state index in [1.165, 1.54) is 25.3 Å². The van der Waals surface area contributed by atoms with Crippen molar-refractivity contribution >= 4 is 39.1 Å². The van der Waals surface area contributed by atoms with Gasteiger partial charge in [0.1, 0.15) is 5.82 Å². The fraction of sp³-hybridized carbons (Fsp3) is 0.0769. The molecule has 0 aliphatic rings. The van der Waals surface area contributed by atoms with Crippen molar-refractivity contribution in [3.63, 3.8) is 0 Å². The van der Waals surface area contributed by atoms with Crippen LogP contribution in [0.4, 0.5) is 21.6 Å². The number of hydrogen-bond acceptors (Lipinski definition) is 5. The Morgan fingerprint density at radius 3 is 2.85 bits per heavy atom. The predicted octanol–water partition coefficient (Wildman–Crippen LogP) is 3.10. The molecule has 0 saturated heterocycles. The molecule has 0 spiro atoms. The van der Waals surface area contributed by atoms with Crippen LogP contribution in [-0.2, 0) is 4.74 Å². The van der Waals surface area contributed by atoms with Crippen LogP contribution in [0, 0.1) is 5.82 Å². The number of benzene rings is 1. The first-order valence-electron chi connectivity index (χ1n) is 5.58. The lowest BCUT2D eigenvalue weighted by Crippen LogP contribution is -2.08. The molecule has 20 heavy (non-hydrogen) atoms. The summed E-state index contributed by atoms with van der Waals surface area (Å²) < 4.78 is 18.9. The van der Waals surface area contributed by atoms with Crippen molar-refractivity contribution in [2.45, 2.75) is 0 Å². The van der Waals surface area contributed by atoms with Crippen LogP contribution in [0.1, 0.15) is 10.5 Å². The van der Waals surface area contributed by atoms with Crippen molar-refractivity contribution in [3.8, 4) is 0 Å².